The van der Waals surface area contributed by atoms with Gasteiger partial charge in [-0.15, -0.1) is 0 Å². The van der Waals surface area contributed by atoms with Crippen molar-refractivity contribution in [2.45, 2.75) is 33.2 Å². The van der Waals surface area contributed by atoms with Gasteiger partial charge in [-0.2, -0.15) is 0 Å². The fourth-order valence-corrected chi connectivity index (χ4v) is 3.87. The van der Waals surface area contributed by atoms with Gasteiger partial charge in [0.15, 0.2) is 0 Å². The first-order chi connectivity index (χ1) is 15.0. The Bertz CT molecular complexity index is 1110. The molecule has 0 radical (unpaired) electrons. The van der Waals surface area contributed by atoms with Gasteiger partial charge in [0.2, 0.25) is 11.8 Å². The summed E-state index contributed by atoms with van der Waals surface area (Å²) >= 11 is 0. The van der Waals surface area contributed by atoms with E-state index < -0.39 is 5.92 Å². The van der Waals surface area contributed by atoms with E-state index in [2.05, 4.69) is 17.2 Å². The Morgan fingerprint density at radius 3 is 2.58 bits per heavy atom. The molecular formula is C24H25FN4O2. The zero-order valence-electron chi connectivity index (χ0n) is 17.6. The van der Waals surface area contributed by atoms with Crippen LogP contribution in [0.25, 0.3) is 5.69 Å². The molecule has 0 spiro atoms. The van der Waals surface area contributed by atoms with E-state index in [1.807, 2.05) is 24.3 Å². The van der Waals surface area contributed by atoms with Crippen LogP contribution in [0, 0.1) is 18.7 Å². The lowest BCUT2D eigenvalue weighted by Crippen LogP contribution is -2.32. The van der Waals surface area contributed by atoms with Crippen LogP contribution in [-0.4, -0.2) is 27.9 Å². The Morgan fingerprint density at radius 1 is 1.19 bits per heavy atom. The van der Waals surface area contributed by atoms with E-state index in [4.69, 9.17) is 0 Å². The number of anilines is 1. The topological polar surface area (TPSA) is 67.2 Å². The fraction of sp³-hybridized carbons (Fsp3) is 0.292. The largest absolute Gasteiger partial charge is 0.352 e. The number of hydrogen-bond donors (Lipinski definition) is 1. The molecule has 1 saturated heterocycles. The van der Waals surface area contributed by atoms with Crippen molar-refractivity contribution in [1.29, 1.82) is 0 Å². The van der Waals surface area contributed by atoms with E-state index in [1.165, 1.54) is 11.6 Å². The fourth-order valence-electron chi connectivity index (χ4n) is 3.87. The molecule has 1 aromatic heterocycles. The van der Waals surface area contributed by atoms with Crippen LogP contribution in [0.2, 0.25) is 0 Å². The molecule has 1 aliphatic rings. The number of benzene rings is 2. The van der Waals surface area contributed by atoms with Crippen molar-refractivity contribution in [3.8, 4) is 5.69 Å². The van der Waals surface area contributed by atoms with Gasteiger partial charge in [0.25, 0.3) is 0 Å². The molecule has 0 saturated carbocycles. The van der Waals surface area contributed by atoms with Gasteiger partial charge in [0.1, 0.15) is 11.6 Å². The quantitative estimate of drug-likeness (QED) is 0.663. The molecule has 160 valence electrons. The molecule has 1 aliphatic heterocycles. The van der Waals surface area contributed by atoms with Crippen molar-refractivity contribution in [2.24, 2.45) is 5.92 Å². The third kappa shape index (κ3) is 4.35. The number of carbonyl (C=O) groups excluding carboxylic acids is 2. The molecule has 1 atom stereocenters. The molecule has 0 aliphatic carbocycles. The molecule has 3 aromatic rings. The lowest BCUT2D eigenvalue weighted by Gasteiger charge is -2.17. The monoisotopic (exact) mass is 420 g/mol. The third-order valence-corrected chi connectivity index (χ3v) is 5.72. The highest BCUT2D eigenvalue weighted by Gasteiger charge is 2.35. The van der Waals surface area contributed by atoms with Crippen molar-refractivity contribution in [3.05, 3.63) is 77.6 Å². The number of amides is 2. The Labute approximate surface area is 180 Å². The third-order valence-electron chi connectivity index (χ3n) is 5.72. The van der Waals surface area contributed by atoms with E-state index in [9.17, 15) is 14.0 Å². The van der Waals surface area contributed by atoms with Crippen molar-refractivity contribution in [3.63, 3.8) is 0 Å². The maximum absolute atomic E-state index is 14.6. The van der Waals surface area contributed by atoms with Gasteiger partial charge in [0, 0.05) is 37.6 Å². The number of nitrogens with zero attached hydrogens (tertiary/aromatic N) is 3. The number of aromatic nitrogens is 2. The van der Waals surface area contributed by atoms with Crippen LogP contribution in [0.4, 0.5) is 10.1 Å². The summed E-state index contributed by atoms with van der Waals surface area (Å²) in [6, 6.07) is 12.7. The molecule has 2 aromatic carbocycles. The van der Waals surface area contributed by atoms with Crippen LogP contribution >= 0.6 is 0 Å². The first kappa shape index (κ1) is 20.8. The van der Waals surface area contributed by atoms with E-state index in [0.717, 1.165) is 12.1 Å². The van der Waals surface area contributed by atoms with Crippen molar-refractivity contribution < 1.29 is 14.0 Å². The SMILES string of the molecule is CCc1ccc(N2CC(C(=O)NCc3ccc(-n4ccnc4C)c(F)c3)CC2=O)cc1. The smallest absolute Gasteiger partial charge is 0.227 e. The summed E-state index contributed by atoms with van der Waals surface area (Å²) in [5, 5.41) is 2.84. The zero-order chi connectivity index (χ0) is 22.0. The summed E-state index contributed by atoms with van der Waals surface area (Å²) < 4.78 is 16.2. The van der Waals surface area contributed by atoms with Crippen LogP contribution in [0.3, 0.4) is 0 Å². The molecule has 31 heavy (non-hydrogen) atoms. The predicted molar refractivity (Wildman–Crippen MR) is 116 cm³/mol. The summed E-state index contributed by atoms with van der Waals surface area (Å²) in [5.74, 6) is -0.368. The second-order valence-corrected chi connectivity index (χ2v) is 7.77. The van der Waals surface area contributed by atoms with Gasteiger partial charge in [0.05, 0.1) is 11.6 Å². The number of halogens is 1. The normalized spacial score (nSPS) is 16.0. The lowest BCUT2D eigenvalue weighted by molar-refractivity contribution is -0.126. The van der Waals surface area contributed by atoms with Crippen LogP contribution in [0.5, 0.6) is 0 Å². The number of nitrogens with one attached hydrogen (secondary N) is 1. The van der Waals surface area contributed by atoms with E-state index in [0.29, 0.717) is 23.6 Å². The predicted octanol–water partition coefficient (Wildman–Crippen LogP) is 3.55. The highest BCUT2D eigenvalue weighted by molar-refractivity contribution is 6.00. The molecule has 0 bridgehead atoms. The summed E-state index contributed by atoms with van der Waals surface area (Å²) in [5.41, 5.74) is 3.08. The van der Waals surface area contributed by atoms with Gasteiger partial charge in [-0.25, -0.2) is 9.37 Å². The zero-order valence-corrected chi connectivity index (χ0v) is 17.6. The summed E-state index contributed by atoms with van der Waals surface area (Å²) in [4.78, 5) is 30.8. The minimum absolute atomic E-state index is 0.0597. The van der Waals surface area contributed by atoms with Crippen LogP contribution in [-0.2, 0) is 22.6 Å². The highest BCUT2D eigenvalue weighted by atomic mass is 19.1. The molecule has 6 nitrogen and oxygen atoms in total. The molecule has 2 amide bonds. The van der Waals surface area contributed by atoms with Crippen molar-refractivity contribution in [2.75, 3.05) is 11.4 Å². The standard InChI is InChI=1S/C24H25FN4O2/c1-3-17-4-7-20(8-5-17)29-15-19(13-23(29)30)24(31)27-14-18-6-9-22(21(25)12-18)28-11-10-26-16(28)2/h4-12,19H,3,13-15H2,1-2H3,(H,27,31). The lowest BCUT2D eigenvalue weighted by atomic mass is 10.1. The molecule has 1 N–H and O–H groups in total. The molecule has 4 rings (SSSR count). The van der Waals surface area contributed by atoms with Gasteiger partial charge in [-0.05, 0) is 48.7 Å². The summed E-state index contributed by atoms with van der Waals surface area (Å²) in [6.07, 6.45) is 4.43. The minimum atomic E-state index is -0.420. The van der Waals surface area contributed by atoms with Gasteiger partial charge >= 0.3 is 0 Å². The Hall–Kier alpha value is -3.48. The number of aryl methyl sites for hydroxylation is 2. The number of imidazole rings is 1. The van der Waals surface area contributed by atoms with Crippen LogP contribution < -0.4 is 10.2 Å². The molecule has 1 fully saturated rings. The maximum Gasteiger partial charge on any atom is 0.227 e. The van der Waals surface area contributed by atoms with Gasteiger partial charge in [-0.1, -0.05) is 25.1 Å². The number of carbonyl (C=O) groups is 2. The minimum Gasteiger partial charge on any atom is -0.352 e. The van der Waals surface area contributed by atoms with Gasteiger partial charge in [-0.3, -0.25) is 9.59 Å². The second-order valence-electron chi connectivity index (χ2n) is 7.77. The molecule has 2 heterocycles. The average Bonchev–Trinajstić information content (AvgIpc) is 3.37. The van der Waals surface area contributed by atoms with Crippen molar-refractivity contribution >= 4 is 17.5 Å². The van der Waals surface area contributed by atoms with Crippen LogP contribution in [0.1, 0.15) is 30.3 Å². The van der Waals surface area contributed by atoms with Crippen LogP contribution in [0.15, 0.2) is 54.9 Å². The van der Waals surface area contributed by atoms with Gasteiger partial charge < -0.3 is 14.8 Å². The molecule has 1 unspecified atom stereocenters. The average molecular weight is 420 g/mol. The number of rotatable bonds is 6. The number of hydrogen-bond acceptors (Lipinski definition) is 3. The highest BCUT2D eigenvalue weighted by Crippen LogP contribution is 2.26. The molecule has 7 heteroatoms. The van der Waals surface area contributed by atoms with E-state index in [-0.39, 0.29) is 30.6 Å². The first-order valence-corrected chi connectivity index (χ1v) is 10.4. The second kappa shape index (κ2) is 8.71. The summed E-state index contributed by atoms with van der Waals surface area (Å²) in [7, 11) is 0. The maximum atomic E-state index is 14.6. The van der Waals surface area contributed by atoms with Crippen molar-refractivity contribution in [1.82, 2.24) is 14.9 Å². The van der Waals surface area contributed by atoms with E-state index in [1.54, 1.807) is 40.9 Å². The summed E-state index contributed by atoms with van der Waals surface area (Å²) in [6.45, 7) is 4.44. The first-order valence-electron chi connectivity index (χ1n) is 10.4. The Balaban J connectivity index is 1.37. The van der Waals surface area contributed by atoms with E-state index >= 15 is 0 Å². The Morgan fingerprint density at radius 2 is 1.94 bits per heavy atom. The molecular weight excluding hydrogens is 395 g/mol. The Kier molecular flexibility index (Phi) is 5.84.